The molecule has 1 aliphatic heterocycles. The second-order valence-electron chi connectivity index (χ2n) is 4.71. The summed E-state index contributed by atoms with van der Waals surface area (Å²) in [5, 5.41) is 4.67. The lowest BCUT2D eigenvalue weighted by Crippen LogP contribution is -2.51. The van der Waals surface area contributed by atoms with Crippen LogP contribution >= 0.6 is 11.6 Å². The summed E-state index contributed by atoms with van der Waals surface area (Å²) in [5.74, 6) is 1.51. The smallest absolute Gasteiger partial charge is 0.255 e. The number of aromatic nitrogens is 4. The van der Waals surface area contributed by atoms with Crippen molar-refractivity contribution >= 4 is 23.2 Å². The van der Waals surface area contributed by atoms with Crippen LogP contribution in [0.3, 0.4) is 0 Å². The van der Waals surface area contributed by atoms with Gasteiger partial charge in [-0.3, -0.25) is 0 Å². The van der Waals surface area contributed by atoms with E-state index in [1.807, 2.05) is 6.07 Å². The first-order valence-electron chi connectivity index (χ1n) is 5.96. The normalized spacial score (nSPS) is 21.7. The third-order valence-corrected chi connectivity index (χ3v) is 3.52. The maximum Gasteiger partial charge on any atom is 0.255 e. The number of halogens is 1. The maximum atomic E-state index is 6.05. The van der Waals surface area contributed by atoms with Gasteiger partial charge in [0.05, 0.1) is 0 Å². The molecule has 1 unspecified atom stereocenters. The van der Waals surface area contributed by atoms with Crippen molar-refractivity contribution in [2.24, 2.45) is 0 Å². The summed E-state index contributed by atoms with van der Waals surface area (Å²) in [7, 11) is 2.14. The number of fused-ring (bicyclic) bond motifs is 1. The summed E-state index contributed by atoms with van der Waals surface area (Å²) in [5.41, 5.74) is 0. The molecule has 0 bridgehead atoms. The number of piperazine rings is 1. The summed E-state index contributed by atoms with van der Waals surface area (Å²) >= 11 is 6.05. The first-order valence-corrected chi connectivity index (χ1v) is 6.34. The van der Waals surface area contributed by atoms with Crippen molar-refractivity contribution < 1.29 is 0 Å². The van der Waals surface area contributed by atoms with Gasteiger partial charge in [0.25, 0.3) is 5.78 Å². The highest BCUT2D eigenvalue weighted by Crippen LogP contribution is 2.22. The molecule has 1 aliphatic rings. The van der Waals surface area contributed by atoms with E-state index < -0.39 is 0 Å². The average Bonchev–Trinajstić information content (AvgIpc) is 2.76. The Balaban J connectivity index is 2.05. The zero-order valence-electron chi connectivity index (χ0n) is 10.4. The quantitative estimate of drug-likeness (QED) is 0.719. The fraction of sp³-hybridized carbons (Fsp3) is 0.545. The monoisotopic (exact) mass is 266 g/mol. The molecular weight excluding hydrogens is 252 g/mol. The molecule has 1 saturated heterocycles. The third-order valence-electron chi connectivity index (χ3n) is 3.33. The van der Waals surface area contributed by atoms with E-state index in [2.05, 4.69) is 38.8 Å². The lowest BCUT2D eigenvalue weighted by atomic mass is 10.2. The van der Waals surface area contributed by atoms with Crippen LogP contribution in [0, 0.1) is 0 Å². The Morgan fingerprint density at radius 1 is 1.39 bits per heavy atom. The highest BCUT2D eigenvalue weighted by Gasteiger charge is 2.24. The van der Waals surface area contributed by atoms with Crippen molar-refractivity contribution in [2.75, 3.05) is 31.6 Å². The molecule has 0 spiro atoms. The molecule has 3 rings (SSSR count). The highest BCUT2D eigenvalue weighted by atomic mass is 35.5. The van der Waals surface area contributed by atoms with Gasteiger partial charge >= 0.3 is 0 Å². The van der Waals surface area contributed by atoms with Crippen molar-refractivity contribution in [1.29, 1.82) is 0 Å². The number of anilines is 1. The molecule has 0 amide bonds. The Bertz CT molecular complexity index is 568. The lowest BCUT2D eigenvalue weighted by Gasteiger charge is -2.39. The van der Waals surface area contributed by atoms with Gasteiger partial charge in [-0.05, 0) is 14.0 Å². The number of likely N-dealkylation sites (N-methyl/N-ethyl adjacent to an activating group) is 1. The van der Waals surface area contributed by atoms with Gasteiger partial charge in [0.15, 0.2) is 0 Å². The van der Waals surface area contributed by atoms with Crippen molar-refractivity contribution in [1.82, 2.24) is 24.5 Å². The molecule has 2 aromatic rings. The first kappa shape index (κ1) is 11.7. The largest absolute Gasteiger partial charge is 0.351 e. The fourth-order valence-electron chi connectivity index (χ4n) is 2.45. The zero-order chi connectivity index (χ0) is 12.7. The van der Waals surface area contributed by atoms with Crippen LogP contribution in [0.15, 0.2) is 12.4 Å². The Morgan fingerprint density at radius 3 is 3.00 bits per heavy atom. The minimum Gasteiger partial charge on any atom is -0.351 e. The molecule has 18 heavy (non-hydrogen) atoms. The Morgan fingerprint density at radius 2 is 2.22 bits per heavy atom. The SMILES string of the molecule is CC1CN(C)CCN1c1cc(Cl)nc2ncnn12. The van der Waals surface area contributed by atoms with E-state index in [1.165, 1.54) is 6.33 Å². The molecule has 0 aromatic carbocycles. The molecular formula is C11H15ClN6. The van der Waals surface area contributed by atoms with Crippen LogP contribution in [0.1, 0.15) is 6.92 Å². The number of rotatable bonds is 1. The third kappa shape index (κ3) is 1.91. The fourth-order valence-corrected chi connectivity index (χ4v) is 2.63. The molecule has 0 aliphatic carbocycles. The van der Waals surface area contributed by atoms with E-state index in [0.29, 0.717) is 17.0 Å². The van der Waals surface area contributed by atoms with Crippen LogP contribution in [0.5, 0.6) is 0 Å². The molecule has 0 radical (unpaired) electrons. The minimum atomic E-state index is 0.412. The molecule has 0 saturated carbocycles. The predicted octanol–water partition coefficient (Wildman–Crippen LogP) is 0.918. The van der Waals surface area contributed by atoms with E-state index in [4.69, 9.17) is 11.6 Å². The molecule has 6 nitrogen and oxygen atoms in total. The number of hydrogen-bond donors (Lipinski definition) is 0. The number of hydrogen-bond acceptors (Lipinski definition) is 5. The average molecular weight is 267 g/mol. The Kier molecular flexibility index (Phi) is 2.83. The zero-order valence-corrected chi connectivity index (χ0v) is 11.2. The van der Waals surface area contributed by atoms with Gasteiger partial charge in [0.2, 0.25) is 0 Å². The topological polar surface area (TPSA) is 49.6 Å². The molecule has 7 heteroatoms. The second-order valence-corrected chi connectivity index (χ2v) is 5.10. The predicted molar refractivity (Wildman–Crippen MR) is 70.1 cm³/mol. The van der Waals surface area contributed by atoms with Gasteiger partial charge in [-0.2, -0.15) is 19.6 Å². The van der Waals surface area contributed by atoms with Crippen LogP contribution in [0.4, 0.5) is 5.82 Å². The van der Waals surface area contributed by atoms with Crippen molar-refractivity contribution in [3.8, 4) is 0 Å². The molecule has 96 valence electrons. The van der Waals surface area contributed by atoms with Crippen molar-refractivity contribution in [2.45, 2.75) is 13.0 Å². The standard InChI is InChI=1S/C11H15ClN6/c1-8-6-16(2)3-4-17(8)10-5-9(12)15-11-13-7-14-18(10)11/h5,7-8H,3-4,6H2,1-2H3. The van der Waals surface area contributed by atoms with E-state index in [0.717, 1.165) is 25.5 Å². The molecule has 3 heterocycles. The van der Waals surface area contributed by atoms with Crippen LogP contribution < -0.4 is 4.90 Å². The van der Waals surface area contributed by atoms with Crippen LogP contribution in [0.25, 0.3) is 5.78 Å². The summed E-state index contributed by atoms with van der Waals surface area (Å²) < 4.78 is 1.74. The minimum absolute atomic E-state index is 0.412. The van der Waals surface area contributed by atoms with E-state index in [-0.39, 0.29) is 0 Å². The van der Waals surface area contributed by atoms with Crippen molar-refractivity contribution in [3.05, 3.63) is 17.5 Å². The van der Waals surface area contributed by atoms with Crippen LogP contribution in [0.2, 0.25) is 5.15 Å². The van der Waals surface area contributed by atoms with Gasteiger partial charge in [-0.1, -0.05) is 11.6 Å². The van der Waals surface area contributed by atoms with Gasteiger partial charge in [-0.15, -0.1) is 0 Å². The van der Waals surface area contributed by atoms with E-state index in [1.54, 1.807) is 4.52 Å². The molecule has 1 fully saturated rings. The Labute approximate surface area is 110 Å². The maximum absolute atomic E-state index is 6.05. The summed E-state index contributed by atoms with van der Waals surface area (Å²) in [4.78, 5) is 12.9. The molecule has 1 atom stereocenters. The van der Waals surface area contributed by atoms with Gasteiger partial charge in [0, 0.05) is 31.7 Å². The Hall–Kier alpha value is -1.40. The summed E-state index contributed by atoms with van der Waals surface area (Å²) in [6.07, 6.45) is 1.50. The van der Waals surface area contributed by atoms with Crippen LogP contribution in [-0.2, 0) is 0 Å². The van der Waals surface area contributed by atoms with Gasteiger partial charge in [-0.25, -0.2) is 0 Å². The molecule has 2 aromatic heterocycles. The van der Waals surface area contributed by atoms with E-state index in [9.17, 15) is 0 Å². The van der Waals surface area contributed by atoms with Crippen molar-refractivity contribution in [3.63, 3.8) is 0 Å². The highest BCUT2D eigenvalue weighted by molar-refractivity contribution is 6.29. The van der Waals surface area contributed by atoms with Gasteiger partial charge in [0.1, 0.15) is 17.3 Å². The second kappa shape index (κ2) is 4.37. The van der Waals surface area contributed by atoms with E-state index >= 15 is 0 Å². The summed E-state index contributed by atoms with van der Waals surface area (Å²) in [6.45, 7) is 5.20. The lowest BCUT2D eigenvalue weighted by molar-refractivity contribution is 0.274. The molecule has 0 N–H and O–H groups in total. The summed E-state index contributed by atoms with van der Waals surface area (Å²) in [6, 6.07) is 2.26. The first-order chi connectivity index (χ1) is 8.65. The number of nitrogens with zero attached hydrogens (tertiary/aromatic N) is 6. The van der Waals surface area contributed by atoms with Gasteiger partial charge < -0.3 is 9.80 Å². The van der Waals surface area contributed by atoms with Crippen LogP contribution in [-0.4, -0.2) is 57.2 Å².